The highest BCUT2D eigenvalue weighted by Gasteiger charge is 2.32. The molecule has 2 saturated carbocycles. The number of amides is 1. The summed E-state index contributed by atoms with van der Waals surface area (Å²) in [4.78, 5) is 12.5. The van der Waals surface area contributed by atoms with Crippen LogP contribution < -0.4 is 11.1 Å². The molecule has 19 heavy (non-hydrogen) atoms. The van der Waals surface area contributed by atoms with E-state index in [4.69, 9.17) is 5.73 Å². The fraction of sp³-hybridized carbons (Fsp3) is 0.938. The molecule has 3 unspecified atom stereocenters. The van der Waals surface area contributed by atoms with Crippen molar-refractivity contribution in [3.63, 3.8) is 0 Å². The predicted octanol–water partition coefficient (Wildman–Crippen LogP) is 2.98. The first-order valence-corrected chi connectivity index (χ1v) is 8.22. The number of hydrogen-bond acceptors (Lipinski definition) is 2. The number of nitrogens with two attached hydrogens (primary N) is 1. The average Bonchev–Trinajstić information content (AvgIpc) is 2.35. The number of nitrogens with one attached hydrogen (secondary N) is 1. The molecule has 3 N–H and O–H groups in total. The van der Waals surface area contributed by atoms with Gasteiger partial charge in [0.15, 0.2) is 0 Å². The van der Waals surface area contributed by atoms with Gasteiger partial charge in [0, 0.05) is 18.0 Å². The van der Waals surface area contributed by atoms with Gasteiger partial charge in [0.25, 0.3) is 0 Å². The molecule has 0 spiro atoms. The van der Waals surface area contributed by atoms with E-state index in [2.05, 4.69) is 12.2 Å². The Labute approximate surface area is 117 Å². The lowest BCUT2D eigenvalue weighted by atomic mass is 9.77. The minimum Gasteiger partial charge on any atom is -0.353 e. The number of rotatable bonds is 2. The van der Waals surface area contributed by atoms with Crippen molar-refractivity contribution in [2.45, 2.75) is 83.2 Å². The monoisotopic (exact) mass is 266 g/mol. The highest BCUT2D eigenvalue weighted by Crippen LogP contribution is 2.29. The van der Waals surface area contributed by atoms with Crippen LogP contribution in [0, 0.1) is 11.8 Å². The second kappa shape index (κ2) is 7.28. The van der Waals surface area contributed by atoms with Crippen molar-refractivity contribution >= 4 is 5.91 Å². The molecule has 0 aromatic carbocycles. The first-order chi connectivity index (χ1) is 9.16. The Bertz CT molecular complexity index is 284. The van der Waals surface area contributed by atoms with Crippen LogP contribution in [-0.4, -0.2) is 18.0 Å². The van der Waals surface area contributed by atoms with Gasteiger partial charge >= 0.3 is 0 Å². The smallest absolute Gasteiger partial charge is 0.223 e. The molecule has 0 bridgehead atoms. The van der Waals surface area contributed by atoms with E-state index in [-0.39, 0.29) is 17.9 Å². The van der Waals surface area contributed by atoms with E-state index in [1.54, 1.807) is 0 Å². The molecule has 3 atom stereocenters. The Hall–Kier alpha value is -0.570. The Morgan fingerprint density at radius 3 is 2.32 bits per heavy atom. The lowest BCUT2D eigenvalue weighted by molar-refractivity contribution is -0.128. The first-order valence-electron chi connectivity index (χ1n) is 8.22. The molecular weight excluding hydrogens is 236 g/mol. The van der Waals surface area contributed by atoms with E-state index in [0.717, 1.165) is 19.3 Å². The third kappa shape index (κ3) is 4.48. The highest BCUT2D eigenvalue weighted by atomic mass is 16.2. The van der Waals surface area contributed by atoms with Gasteiger partial charge in [0.1, 0.15) is 0 Å². The molecule has 110 valence electrons. The summed E-state index contributed by atoms with van der Waals surface area (Å²) in [5.74, 6) is 0.913. The summed E-state index contributed by atoms with van der Waals surface area (Å²) in [7, 11) is 0. The number of hydrogen-bond donors (Lipinski definition) is 2. The van der Waals surface area contributed by atoms with Crippen molar-refractivity contribution in [2.75, 3.05) is 0 Å². The Kier molecular flexibility index (Phi) is 5.68. The molecule has 2 aliphatic carbocycles. The molecule has 2 aliphatic rings. The van der Waals surface area contributed by atoms with Crippen LogP contribution in [-0.2, 0) is 4.79 Å². The summed E-state index contributed by atoms with van der Waals surface area (Å²) in [5, 5.41) is 3.31. The maximum atomic E-state index is 12.5. The Balaban J connectivity index is 1.84. The topological polar surface area (TPSA) is 55.1 Å². The first kappa shape index (κ1) is 14.8. The second-order valence-electron chi connectivity index (χ2n) is 6.71. The molecule has 2 rings (SSSR count). The lowest BCUT2D eigenvalue weighted by Gasteiger charge is -2.33. The largest absolute Gasteiger partial charge is 0.353 e. The van der Waals surface area contributed by atoms with E-state index in [9.17, 15) is 4.79 Å². The number of carbonyl (C=O) groups excluding carboxylic acids is 1. The number of carbonyl (C=O) groups is 1. The minimum atomic E-state index is 0.147. The van der Waals surface area contributed by atoms with Crippen LogP contribution in [0.15, 0.2) is 0 Å². The zero-order valence-corrected chi connectivity index (χ0v) is 12.4. The van der Waals surface area contributed by atoms with Crippen molar-refractivity contribution in [3.8, 4) is 0 Å². The summed E-state index contributed by atoms with van der Waals surface area (Å²) in [6, 6.07) is 0.641. The summed E-state index contributed by atoms with van der Waals surface area (Å²) >= 11 is 0. The van der Waals surface area contributed by atoms with Crippen LogP contribution in [0.5, 0.6) is 0 Å². The fourth-order valence-corrected chi connectivity index (χ4v) is 3.63. The molecule has 2 fully saturated rings. The highest BCUT2D eigenvalue weighted by molar-refractivity contribution is 5.79. The third-order valence-corrected chi connectivity index (χ3v) is 5.02. The molecule has 0 saturated heterocycles. The lowest BCUT2D eigenvalue weighted by Crippen LogP contribution is -2.45. The summed E-state index contributed by atoms with van der Waals surface area (Å²) < 4.78 is 0. The van der Waals surface area contributed by atoms with Crippen molar-refractivity contribution < 1.29 is 4.79 Å². The van der Waals surface area contributed by atoms with Gasteiger partial charge in [-0.15, -0.1) is 0 Å². The van der Waals surface area contributed by atoms with Gasteiger partial charge in [-0.1, -0.05) is 39.0 Å². The second-order valence-corrected chi connectivity index (χ2v) is 6.71. The minimum absolute atomic E-state index is 0.147. The normalized spacial score (nSPS) is 34.3. The van der Waals surface area contributed by atoms with E-state index in [1.165, 1.54) is 44.9 Å². The van der Waals surface area contributed by atoms with Crippen LogP contribution in [0.3, 0.4) is 0 Å². The van der Waals surface area contributed by atoms with Crippen LogP contribution in [0.1, 0.15) is 71.1 Å². The zero-order valence-electron chi connectivity index (χ0n) is 12.4. The maximum absolute atomic E-state index is 12.5. The van der Waals surface area contributed by atoms with Crippen molar-refractivity contribution in [2.24, 2.45) is 17.6 Å². The van der Waals surface area contributed by atoms with Gasteiger partial charge in [0.05, 0.1) is 0 Å². The van der Waals surface area contributed by atoms with E-state index in [0.29, 0.717) is 12.0 Å². The van der Waals surface area contributed by atoms with Crippen LogP contribution in [0.4, 0.5) is 0 Å². The summed E-state index contributed by atoms with van der Waals surface area (Å²) in [5.41, 5.74) is 6.02. The van der Waals surface area contributed by atoms with Crippen molar-refractivity contribution in [3.05, 3.63) is 0 Å². The van der Waals surface area contributed by atoms with Gasteiger partial charge in [-0.3, -0.25) is 4.79 Å². The van der Waals surface area contributed by atoms with Gasteiger partial charge < -0.3 is 11.1 Å². The quantitative estimate of drug-likeness (QED) is 0.807. The molecule has 3 nitrogen and oxygen atoms in total. The van der Waals surface area contributed by atoms with Gasteiger partial charge in [-0.2, -0.15) is 0 Å². The Morgan fingerprint density at radius 1 is 1.00 bits per heavy atom. The van der Waals surface area contributed by atoms with Gasteiger partial charge in [0.2, 0.25) is 5.91 Å². The van der Waals surface area contributed by atoms with E-state index >= 15 is 0 Å². The van der Waals surface area contributed by atoms with Crippen LogP contribution in [0.25, 0.3) is 0 Å². The molecule has 0 aliphatic heterocycles. The van der Waals surface area contributed by atoms with E-state index < -0.39 is 0 Å². The molecule has 3 heteroatoms. The van der Waals surface area contributed by atoms with Gasteiger partial charge in [-0.05, 0) is 38.0 Å². The SMILES string of the molecule is CC1CCC(N)CC1C(=O)NC1CCCCCCC1. The van der Waals surface area contributed by atoms with Crippen LogP contribution >= 0.6 is 0 Å². The standard InChI is InChI=1S/C16H30N2O/c1-12-9-10-13(17)11-15(12)16(19)18-14-7-5-3-2-4-6-8-14/h12-15H,2-11,17H2,1H3,(H,18,19). The summed E-state index contributed by atoms with van der Waals surface area (Å²) in [6.07, 6.45) is 12.0. The molecule has 0 aromatic rings. The third-order valence-electron chi connectivity index (χ3n) is 5.02. The fourth-order valence-electron chi connectivity index (χ4n) is 3.63. The van der Waals surface area contributed by atoms with Gasteiger partial charge in [-0.25, -0.2) is 0 Å². The van der Waals surface area contributed by atoms with Crippen LogP contribution in [0.2, 0.25) is 0 Å². The average molecular weight is 266 g/mol. The zero-order chi connectivity index (χ0) is 13.7. The maximum Gasteiger partial charge on any atom is 0.223 e. The van der Waals surface area contributed by atoms with E-state index in [1.807, 2.05) is 0 Å². The molecular formula is C16H30N2O. The molecule has 1 amide bonds. The molecule has 0 aromatic heterocycles. The molecule has 0 radical (unpaired) electrons. The predicted molar refractivity (Wildman–Crippen MR) is 78.7 cm³/mol. The Morgan fingerprint density at radius 2 is 1.63 bits per heavy atom. The summed E-state index contributed by atoms with van der Waals surface area (Å²) in [6.45, 7) is 2.20. The van der Waals surface area contributed by atoms with Crippen molar-refractivity contribution in [1.82, 2.24) is 5.32 Å². The van der Waals surface area contributed by atoms with Crippen molar-refractivity contribution in [1.29, 1.82) is 0 Å². The molecule has 0 heterocycles.